The predicted molar refractivity (Wildman–Crippen MR) is 247 cm³/mol. The van der Waals surface area contributed by atoms with Crippen molar-refractivity contribution in [1.29, 1.82) is 0 Å². The standard InChI is InChI=1S/C55H44N6/c1-33-28-39(53-60-50(36-22-14-8-15-23-36)57-51(61-53)37-24-16-9-17-25-37)30-46-47(33)42-32-44-41(31-45(42)55(46,4)5)40-27-26-38(29-43(40)54(44,2)3)52-58-48(34-18-10-6-11-19-34)56-49(59-52)35-20-12-7-13-21-35/h6-8,10-16,18-32H,9,17H2,1-5H3. The van der Waals surface area contributed by atoms with Gasteiger partial charge in [0.2, 0.25) is 0 Å². The lowest BCUT2D eigenvalue weighted by atomic mass is 9.79. The zero-order valence-electron chi connectivity index (χ0n) is 35.0. The molecule has 6 aromatic carbocycles. The fraction of sp³-hybridized carbons (Fsp3) is 0.164. The molecule has 2 aromatic heterocycles. The third-order valence-electron chi connectivity index (χ3n) is 12.9. The molecular formula is C55H44N6. The molecule has 0 unspecified atom stereocenters. The van der Waals surface area contributed by atoms with Crippen molar-refractivity contribution in [2.24, 2.45) is 0 Å². The van der Waals surface area contributed by atoms with Crippen LogP contribution in [-0.2, 0) is 10.8 Å². The Kier molecular flexibility index (Phi) is 8.43. The molecule has 294 valence electrons. The van der Waals surface area contributed by atoms with E-state index in [1.807, 2.05) is 54.6 Å². The normalized spacial score (nSPS) is 15.1. The van der Waals surface area contributed by atoms with Crippen LogP contribution in [0, 0.1) is 6.92 Å². The van der Waals surface area contributed by atoms with Crippen LogP contribution < -0.4 is 0 Å². The van der Waals surface area contributed by atoms with Gasteiger partial charge in [-0.15, -0.1) is 0 Å². The number of rotatable bonds is 6. The van der Waals surface area contributed by atoms with Gasteiger partial charge in [0, 0.05) is 44.2 Å². The predicted octanol–water partition coefficient (Wildman–Crippen LogP) is 13.0. The Hall–Kier alpha value is -7.18. The van der Waals surface area contributed by atoms with E-state index in [1.165, 1.54) is 50.1 Å². The molecule has 0 saturated heterocycles. The summed E-state index contributed by atoms with van der Waals surface area (Å²) in [6.45, 7) is 11.7. The van der Waals surface area contributed by atoms with Crippen LogP contribution in [0.3, 0.4) is 0 Å². The van der Waals surface area contributed by atoms with E-state index < -0.39 is 0 Å². The van der Waals surface area contributed by atoms with E-state index in [-0.39, 0.29) is 10.8 Å². The summed E-state index contributed by atoms with van der Waals surface area (Å²) in [6.07, 6.45) is 8.59. The molecule has 2 heterocycles. The monoisotopic (exact) mass is 788 g/mol. The highest BCUT2D eigenvalue weighted by molar-refractivity contribution is 5.92. The zero-order chi connectivity index (χ0) is 41.5. The molecule has 6 heteroatoms. The quantitative estimate of drug-likeness (QED) is 0.167. The van der Waals surface area contributed by atoms with Crippen LogP contribution in [0.2, 0.25) is 0 Å². The number of hydrogen-bond acceptors (Lipinski definition) is 6. The van der Waals surface area contributed by atoms with Crippen molar-refractivity contribution in [2.75, 3.05) is 0 Å². The third kappa shape index (κ3) is 6.08. The van der Waals surface area contributed by atoms with Crippen LogP contribution in [-0.4, -0.2) is 29.9 Å². The second kappa shape index (κ2) is 14.0. The number of hydrogen-bond donors (Lipinski definition) is 0. The summed E-state index contributed by atoms with van der Waals surface area (Å²) in [5.41, 5.74) is 17.0. The van der Waals surface area contributed by atoms with Gasteiger partial charge >= 0.3 is 0 Å². The average molecular weight is 789 g/mol. The van der Waals surface area contributed by atoms with Gasteiger partial charge in [0.05, 0.1) is 0 Å². The Labute approximate surface area is 356 Å². The van der Waals surface area contributed by atoms with Crippen molar-refractivity contribution in [2.45, 2.75) is 58.3 Å². The van der Waals surface area contributed by atoms with Gasteiger partial charge in [0.15, 0.2) is 34.9 Å². The number of allylic oxidation sites excluding steroid dienone is 4. The van der Waals surface area contributed by atoms with Crippen LogP contribution in [0.25, 0.3) is 84.8 Å². The van der Waals surface area contributed by atoms with Gasteiger partial charge in [0.25, 0.3) is 0 Å². The van der Waals surface area contributed by atoms with Gasteiger partial charge < -0.3 is 0 Å². The first-order chi connectivity index (χ1) is 29.6. The van der Waals surface area contributed by atoms with Crippen LogP contribution in [0.4, 0.5) is 0 Å². The first-order valence-electron chi connectivity index (χ1n) is 21.2. The minimum Gasteiger partial charge on any atom is -0.208 e. The lowest BCUT2D eigenvalue weighted by Crippen LogP contribution is -2.17. The fourth-order valence-corrected chi connectivity index (χ4v) is 9.62. The largest absolute Gasteiger partial charge is 0.208 e. The number of nitrogens with zero attached hydrogens (tertiary/aromatic N) is 6. The molecule has 0 N–H and O–H groups in total. The number of fused-ring (bicyclic) bond motifs is 6. The minimum atomic E-state index is -0.259. The first kappa shape index (κ1) is 36.9. The number of aromatic nitrogens is 6. The Morgan fingerprint density at radius 3 is 1.41 bits per heavy atom. The molecule has 61 heavy (non-hydrogen) atoms. The van der Waals surface area contributed by atoms with Gasteiger partial charge in [-0.1, -0.05) is 149 Å². The Bertz CT molecular complexity index is 3070. The fourth-order valence-electron chi connectivity index (χ4n) is 9.62. The van der Waals surface area contributed by atoms with Gasteiger partial charge in [-0.25, -0.2) is 29.9 Å². The zero-order valence-corrected chi connectivity index (χ0v) is 35.0. The van der Waals surface area contributed by atoms with Crippen molar-refractivity contribution in [3.05, 3.63) is 185 Å². The summed E-state index contributed by atoms with van der Waals surface area (Å²) >= 11 is 0. The maximum atomic E-state index is 5.13. The molecular weight excluding hydrogens is 745 g/mol. The van der Waals surface area contributed by atoms with Crippen LogP contribution in [0.5, 0.6) is 0 Å². The lowest BCUT2D eigenvalue weighted by Gasteiger charge is -2.24. The molecule has 0 atom stereocenters. The lowest BCUT2D eigenvalue weighted by molar-refractivity contribution is 0.652. The summed E-state index contributed by atoms with van der Waals surface area (Å²) in [4.78, 5) is 30.3. The Morgan fingerprint density at radius 2 is 0.852 bits per heavy atom. The molecule has 0 aliphatic heterocycles. The molecule has 0 fully saturated rings. The molecule has 11 rings (SSSR count). The maximum absolute atomic E-state index is 5.13. The van der Waals surface area contributed by atoms with Gasteiger partial charge in [0.1, 0.15) is 0 Å². The van der Waals surface area contributed by atoms with E-state index in [9.17, 15) is 0 Å². The highest BCUT2D eigenvalue weighted by Gasteiger charge is 2.42. The molecule has 8 aromatic rings. The molecule has 6 nitrogen and oxygen atoms in total. The molecule has 0 bridgehead atoms. The molecule has 0 radical (unpaired) electrons. The summed E-state index contributed by atoms with van der Waals surface area (Å²) in [5.74, 6) is 4.08. The van der Waals surface area contributed by atoms with E-state index in [1.54, 1.807) is 0 Å². The van der Waals surface area contributed by atoms with Gasteiger partial charge in [-0.3, -0.25) is 0 Å². The highest BCUT2D eigenvalue weighted by atomic mass is 15.0. The molecule has 0 amide bonds. The van der Waals surface area contributed by atoms with Crippen molar-refractivity contribution < 1.29 is 0 Å². The molecule has 0 spiro atoms. The SMILES string of the molecule is Cc1cc(-c2nc(C3=CCCC=C3)nc(-c3ccccc3)n2)cc2c1-c1cc3c(cc1C2(C)C)-c1ccc(-c2nc(-c4ccccc4)nc(-c4ccccc4)n2)cc1C3(C)C. The Balaban J connectivity index is 1.00. The minimum absolute atomic E-state index is 0.257. The Morgan fingerprint density at radius 1 is 0.393 bits per heavy atom. The van der Waals surface area contributed by atoms with Crippen LogP contribution >= 0.6 is 0 Å². The van der Waals surface area contributed by atoms with E-state index in [0.717, 1.165) is 46.2 Å². The summed E-state index contributed by atoms with van der Waals surface area (Å²) < 4.78 is 0. The molecule has 0 saturated carbocycles. The van der Waals surface area contributed by atoms with Gasteiger partial charge in [-0.2, -0.15) is 0 Å². The van der Waals surface area contributed by atoms with Crippen molar-refractivity contribution in [1.82, 2.24) is 29.9 Å². The van der Waals surface area contributed by atoms with Crippen LogP contribution in [0.15, 0.2) is 152 Å². The summed E-state index contributed by atoms with van der Waals surface area (Å²) in [5, 5.41) is 0. The van der Waals surface area contributed by atoms with Crippen molar-refractivity contribution >= 4 is 5.57 Å². The second-order valence-corrected chi connectivity index (χ2v) is 17.5. The first-order valence-corrected chi connectivity index (χ1v) is 21.2. The highest BCUT2D eigenvalue weighted by Crippen LogP contribution is 2.57. The van der Waals surface area contributed by atoms with E-state index >= 15 is 0 Å². The average Bonchev–Trinajstić information content (AvgIpc) is 3.67. The van der Waals surface area contributed by atoms with Crippen molar-refractivity contribution in [3.63, 3.8) is 0 Å². The van der Waals surface area contributed by atoms with Gasteiger partial charge in [-0.05, 0) is 100 Å². The molecule has 3 aliphatic carbocycles. The summed E-state index contributed by atoms with van der Waals surface area (Å²) in [7, 11) is 0. The van der Waals surface area contributed by atoms with E-state index in [2.05, 4.69) is 132 Å². The van der Waals surface area contributed by atoms with Crippen molar-refractivity contribution in [3.8, 4) is 79.2 Å². The smallest absolute Gasteiger partial charge is 0.164 e. The maximum Gasteiger partial charge on any atom is 0.164 e. The third-order valence-corrected chi connectivity index (χ3v) is 12.9. The van der Waals surface area contributed by atoms with E-state index in [0.29, 0.717) is 34.9 Å². The number of aryl methyl sites for hydroxylation is 1. The van der Waals surface area contributed by atoms with E-state index in [4.69, 9.17) is 29.9 Å². The summed E-state index contributed by atoms with van der Waals surface area (Å²) in [6, 6.07) is 46.9. The molecule has 3 aliphatic rings. The van der Waals surface area contributed by atoms with Crippen LogP contribution in [0.1, 0.15) is 74.2 Å². The topological polar surface area (TPSA) is 77.3 Å². The number of benzene rings is 6. The second-order valence-electron chi connectivity index (χ2n) is 17.5.